The third-order valence-electron chi connectivity index (χ3n) is 2.67. The first kappa shape index (κ1) is 14.0. The Morgan fingerprint density at radius 2 is 1.58 bits per heavy atom. The lowest BCUT2D eigenvalue weighted by Gasteiger charge is -2.10. The second-order valence-corrected chi connectivity index (χ2v) is 5.18. The van der Waals surface area contributed by atoms with Crippen molar-refractivity contribution in [2.75, 3.05) is 14.2 Å². The molecule has 0 fully saturated rings. The number of methoxy groups -OCH3 is 2. The van der Waals surface area contributed by atoms with E-state index in [1.165, 1.54) is 3.57 Å². The predicted octanol–water partition coefficient (Wildman–Crippen LogP) is 3.89. The Kier molecular flexibility index (Phi) is 4.90. The van der Waals surface area contributed by atoms with Crippen LogP contribution >= 0.6 is 22.6 Å². The normalized spacial score (nSPS) is 10.1. The van der Waals surface area contributed by atoms with Gasteiger partial charge in [-0.2, -0.15) is 0 Å². The maximum Gasteiger partial charge on any atom is 0.161 e. The third-order valence-corrected chi connectivity index (χ3v) is 3.39. The Morgan fingerprint density at radius 3 is 2.21 bits per heavy atom. The zero-order valence-electron chi connectivity index (χ0n) is 10.9. The van der Waals surface area contributed by atoms with Crippen molar-refractivity contribution in [2.45, 2.75) is 6.61 Å². The van der Waals surface area contributed by atoms with Gasteiger partial charge in [0.2, 0.25) is 0 Å². The second kappa shape index (κ2) is 6.65. The van der Waals surface area contributed by atoms with Crippen LogP contribution in [0.3, 0.4) is 0 Å². The number of rotatable bonds is 5. The molecule has 2 aromatic rings. The Balaban J connectivity index is 2.05. The Hall–Kier alpha value is -1.43. The fraction of sp³-hybridized carbons (Fsp3) is 0.200. The summed E-state index contributed by atoms with van der Waals surface area (Å²) in [5.41, 5.74) is 1.04. The molecule has 0 aliphatic carbocycles. The van der Waals surface area contributed by atoms with Gasteiger partial charge in [-0.3, -0.25) is 0 Å². The molecule has 2 rings (SSSR count). The van der Waals surface area contributed by atoms with Crippen molar-refractivity contribution >= 4 is 22.6 Å². The fourth-order valence-corrected chi connectivity index (χ4v) is 2.03. The molecule has 0 aliphatic rings. The van der Waals surface area contributed by atoms with Crippen LogP contribution in [0.5, 0.6) is 17.2 Å². The lowest BCUT2D eigenvalue weighted by Crippen LogP contribution is -1.97. The molecule has 0 spiro atoms. The van der Waals surface area contributed by atoms with E-state index in [-0.39, 0.29) is 0 Å². The molecule has 0 amide bonds. The van der Waals surface area contributed by atoms with E-state index < -0.39 is 0 Å². The van der Waals surface area contributed by atoms with Crippen molar-refractivity contribution in [3.05, 3.63) is 51.6 Å². The monoisotopic (exact) mass is 370 g/mol. The molecule has 4 heteroatoms. The number of ether oxygens (including phenoxy) is 3. The zero-order chi connectivity index (χ0) is 13.7. The van der Waals surface area contributed by atoms with Gasteiger partial charge in [-0.15, -0.1) is 0 Å². The van der Waals surface area contributed by atoms with Crippen LogP contribution in [0.25, 0.3) is 0 Å². The lowest BCUT2D eigenvalue weighted by molar-refractivity contribution is 0.303. The molecule has 0 aromatic heterocycles. The van der Waals surface area contributed by atoms with E-state index in [2.05, 4.69) is 22.6 Å². The van der Waals surface area contributed by atoms with Crippen LogP contribution in [0.4, 0.5) is 0 Å². The average molecular weight is 370 g/mol. The molecule has 0 saturated heterocycles. The highest BCUT2D eigenvalue weighted by Gasteiger charge is 2.05. The van der Waals surface area contributed by atoms with Gasteiger partial charge >= 0.3 is 0 Å². The van der Waals surface area contributed by atoms with Gasteiger partial charge in [0, 0.05) is 3.57 Å². The minimum atomic E-state index is 0.501. The Bertz CT molecular complexity index is 538. The summed E-state index contributed by atoms with van der Waals surface area (Å²) in [7, 11) is 3.25. The summed E-state index contributed by atoms with van der Waals surface area (Å²) in [6.07, 6.45) is 0. The van der Waals surface area contributed by atoms with Crippen LogP contribution in [0.1, 0.15) is 5.56 Å². The van der Waals surface area contributed by atoms with E-state index in [0.717, 1.165) is 17.1 Å². The lowest BCUT2D eigenvalue weighted by atomic mass is 10.2. The molecule has 3 nitrogen and oxygen atoms in total. The van der Waals surface area contributed by atoms with Gasteiger partial charge in [-0.05, 0) is 64.6 Å². The summed E-state index contributed by atoms with van der Waals surface area (Å²) in [6, 6.07) is 13.7. The molecular weight excluding hydrogens is 355 g/mol. The molecule has 0 aliphatic heterocycles. The maximum absolute atomic E-state index is 5.72. The van der Waals surface area contributed by atoms with E-state index in [0.29, 0.717) is 12.4 Å². The smallest absolute Gasteiger partial charge is 0.161 e. The van der Waals surface area contributed by atoms with E-state index in [4.69, 9.17) is 14.2 Å². The minimum absolute atomic E-state index is 0.501. The van der Waals surface area contributed by atoms with Gasteiger partial charge in [-0.25, -0.2) is 0 Å². The van der Waals surface area contributed by atoms with Gasteiger partial charge in [-0.1, -0.05) is 6.07 Å². The first-order valence-corrected chi connectivity index (χ1v) is 6.90. The highest BCUT2D eigenvalue weighted by atomic mass is 127. The zero-order valence-corrected chi connectivity index (χ0v) is 13.0. The highest BCUT2D eigenvalue weighted by Crippen LogP contribution is 2.28. The van der Waals surface area contributed by atoms with Gasteiger partial charge in [0.25, 0.3) is 0 Å². The molecule has 0 atom stereocenters. The van der Waals surface area contributed by atoms with Crippen molar-refractivity contribution in [1.82, 2.24) is 0 Å². The molecule has 2 aromatic carbocycles. The molecule has 0 bridgehead atoms. The number of hydrogen-bond acceptors (Lipinski definition) is 3. The molecule has 0 saturated carbocycles. The molecule has 0 radical (unpaired) electrons. The van der Waals surface area contributed by atoms with Crippen LogP contribution in [-0.4, -0.2) is 14.2 Å². The largest absolute Gasteiger partial charge is 0.493 e. The molecule has 100 valence electrons. The van der Waals surface area contributed by atoms with Crippen molar-refractivity contribution in [3.63, 3.8) is 0 Å². The molecule has 0 unspecified atom stereocenters. The van der Waals surface area contributed by atoms with E-state index in [9.17, 15) is 0 Å². The summed E-state index contributed by atoms with van der Waals surface area (Å²) >= 11 is 2.27. The SMILES string of the molecule is COc1ccc(COc2ccc(I)cc2)cc1OC. The Morgan fingerprint density at radius 1 is 0.895 bits per heavy atom. The van der Waals surface area contributed by atoms with E-state index >= 15 is 0 Å². The highest BCUT2D eigenvalue weighted by molar-refractivity contribution is 14.1. The first-order chi connectivity index (χ1) is 9.22. The van der Waals surface area contributed by atoms with Gasteiger partial charge in [0.1, 0.15) is 12.4 Å². The number of hydrogen-bond donors (Lipinski definition) is 0. The molecule has 0 heterocycles. The summed E-state index contributed by atoms with van der Waals surface area (Å²) < 4.78 is 17.4. The summed E-state index contributed by atoms with van der Waals surface area (Å²) in [6.45, 7) is 0.501. The minimum Gasteiger partial charge on any atom is -0.493 e. The van der Waals surface area contributed by atoms with Crippen LogP contribution in [-0.2, 0) is 6.61 Å². The van der Waals surface area contributed by atoms with Crippen molar-refractivity contribution in [1.29, 1.82) is 0 Å². The Labute approximate surface area is 126 Å². The van der Waals surface area contributed by atoms with E-state index in [1.54, 1.807) is 14.2 Å². The summed E-state index contributed by atoms with van der Waals surface area (Å²) in [5, 5.41) is 0. The summed E-state index contributed by atoms with van der Waals surface area (Å²) in [4.78, 5) is 0. The number of halogens is 1. The third kappa shape index (κ3) is 3.76. The van der Waals surface area contributed by atoms with Gasteiger partial charge in [0.05, 0.1) is 14.2 Å². The molecule has 19 heavy (non-hydrogen) atoms. The fourth-order valence-electron chi connectivity index (χ4n) is 1.67. The van der Waals surface area contributed by atoms with Crippen molar-refractivity contribution in [2.24, 2.45) is 0 Å². The van der Waals surface area contributed by atoms with Crippen molar-refractivity contribution in [3.8, 4) is 17.2 Å². The van der Waals surface area contributed by atoms with Gasteiger partial charge < -0.3 is 14.2 Å². The topological polar surface area (TPSA) is 27.7 Å². The van der Waals surface area contributed by atoms with Crippen molar-refractivity contribution < 1.29 is 14.2 Å². The average Bonchev–Trinajstić information content (AvgIpc) is 2.46. The van der Waals surface area contributed by atoms with Gasteiger partial charge in [0.15, 0.2) is 11.5 Å². The molecule has 0 N–H and O–H groups in total. The molecular formula is C15H15IO3. The predicted molar refractivity (Wildman–Crippen MR) is 83.0 cm³/mol. The number of benzene rings is 2. The standard InChI is InChI=1S/C15H15IO3/c1-17-14-8-3-11(9-15(14)18-2)10-19-13-6-4-12(16)5-7-13/h3-9H,10H2,1-2H3. The quantitative estimate of drug-likeness (QED) is 0.748. The maximum atomic E-state index is 5.72. The van der Waals surface area contributed by atoms with Crippen LogP contribution in [0.2, 0.25) is 0 Å². The second-order valence-electron chi connectivity index (χ2n) is 3.93. The van der Waals surface area contributed by atoms with Crippen LogP contribution in [0, 0.1) is 3.57 Å². The van der Waals surface area contributed by atoms with E-state index in [1.807, 2.05) is 42.5 Å². The van der Waals surface area contributed by atoms with Crippen LogP contribution < -0.4 is 14.2 Å². The summed E-state index contributed by atoms with van der Waals surface area (Å²) in [5.74, 6) is 2.29. The van der Waals surface area contributed by atoms with Crippen LogP contribution in [0.15, 0.2) is 42.5 Å². The first-order valence-electron chi connectivity index (χ1n) is 5.82.